The summed E-state index contributed by atoms with van der Waals surface area (Å²) >= 11 is 5.22. The summed E-state index contributed by atoms with van der Waals surface area (Å²) in [7, 11) is 0. The highest BCUT2D eigenvalue weighted by atomic mass is 32.1. The van der Waals surface area contributed by atoms with Crippen LogP contribution in [0.2, 0.25) is 0 Å². The molecule has 0 atom stereocenters. The van der Waals surface area contributed by atoms with E-state index in [1.807, 2.05) is 38.1 Å². The maximum Gasteiger partial charge on any atom is 0.257 e. The lowest BCUT2D eigenvalue weighted by molar-refractivity contribution is 0.0977. The Balaban J connectivity index is 1.83. The highest BCUT2D eigenvalue weighted by Crippen LogP contribution is 2.17. The van der Waals surface area contributed by atoms with Crippen molar-refractivity contribution in [2.45, 2.75) is 40.2 Å². The van der Waals surface area contributed by atoms with E-state index >= 15 is 0 Å². The molecule has 0 fully saturated rings. The zero-order valence-corrected chi connectivity index (χ0v) is 17.6. The van der Waals surface area contributed by atoms with Gasteiger partial charge in [-0.1, -0.05) is 13.8 Å². The van der Waals surface area contributed by atoms with Crippen molar-refractivity contribution in [1.82, 2.24) is 5.32 Å². The van der Waals surface area contributed by atoms with E-state index in [0.29, 0.717) is 18.1 Å². The van der Waals surface area contributed by atoms with Crippen molar-refractivity contribution in [3.8, 4) is 11.5 Å². The standard InChI is InChI=1S/C22H28N2O3S/c1-15(2)13-14-26-19-9-5-17(6-10-19)21(25)24-22(28)23-18-7-11-20(12-8-18)27-16(3)4/h5-12,15-16H,13-14H2,1-4H3,(H2,23,24,25,28). The van der Waals surface area contributed by atoms with Crippen LogP contribution in [0.4, 0.5) is 5.69 Å². The average Bonchev–Trinajstić information content (AvgIpc) is 2.63. The summed E-state index contributed by atoms with van der Waals surface area (Å²) in [6.07, 6.45) is 1.11. The number of amides is 1. The third-order valence-electron chi connectivity index (χ3n) is 3.79. The number of rotatable bonds is 8. The maximum absolute atomic E-state index is 12.3. The molecule has 0 spiro atoms. The molecule has 2 N–H and O–H groups in total. The summed E-state index contributed by atoms with van der Waals surface area (Å²) in [5.74, 6) is 1.86. The van der Waals surface area contributed by atoms with Gasteiger partial charge in [0.25, 0.3) is 5.91 Å². The molecule has 2 aromatic rings. The number of hydrogen-bond donors (Lipinski definition) is 2. The number of carbonyl (C=O) groups is 1. The minimum atomic E-state index is -0.272. The Morgan fingerprint density at radius 2 is 1.57 bits per heavy atom. The van der Waals surface area contributed by atoms with Crippen molar-refractivity contribution >= 4 is 28.9 Å². The number of ether oxygens (including phenoxy) is 2. The van der Waals surface area contributed by atoms with Gasteiger partial charge >= 0.3 is 0 Å². The van der Waals surface area contributed by atoms with Crippen molar-refractivity contribution in [1.29, 1.82) is 0 Å². The van der Waals surface area contributed by atoms with E-state index in [4.69, 9.17) is 21.7 Å². The first-order valence-electron chi connectivity index (χ1n) is 9.45. The first-order valence-corrected chi connectivity index (χ1v) is 9.86. The zero-order valence-electron chi connectivity index (χ0n) is 16.8. The van der Waals surface area contributed by atoms with E-state index in [1.54, 1.807) is 24.3 Å². The molecule has 2 aromatic carbocycles. The second kappa shape index (κ2) is 10.7. The average molecular weight is 401 g/mol. The predicted molar refractivity (Wildman–Crippen MR) is 117 cm³/mol. The van der Waals surface area contributed by atoms with Gasteiger partial charge in [0.05, 0.1) is 12.7 Å². The molecule has 0 radical (unpaired) electrons. The van der Waals surface area contributed by atoms with Crippen LogP contribution in [-0.4, -0.2) is 23.7 Å². The Kier molecular flexibility index (Phi) is 8.26. The third-order valence-corrected chi connectivity index (χ3v) is 4.00. The van der Waals surface area contributed by atoms with Crippen LogP contribution in [0.25, 0.3) is 0 Å². The van der Waals surface area contributed by atoms with Gasteiger partial charge in [-0.3, -0.25) is 10.1 Å². The fourth-order valence-electron chi connectivity index (χ4n) is 2.34. The zero-order chi connectivity index (χ0) is 20.5. The van der Waals surface area contributed by atoms with Crippen LogP contribution in [0.1, 0.15) is 44.5 Å². The van der Waals surface area contributed by atoms with Gasteiger partial charge in [0.15, 0.2) is 5.11 Å². The number of hydrogen-bond acceptors (Lipinski definition) is 4. The largest absolute Gasteiger partial charge is 0.494 e. The lowest BCUT2D eigenvalue weighted by Gasteiger charge is -2.12. The van der Waals surface area contributed by atoms with E-state index < -0.39 is 0 Å². The third kappa shape index (κ3) is 7.56. The number of nitrogens with one attached hydrogen (secondary N) is 2. The molecule has 0 aromatic heterocycles. The monoisotopic (exact) mass is 400 g/mol. The lowest BCUT2D eigenvalue weighted by atomic mass is 10.1. The minimum absolute atomic E-state index is 0.117. The smallest absolute Gasteiger partial charge is 0.257 e. The van der Waals surface area contributed by atoms with Crippen LogP contribution in [-0.2, 0) is 0 Å². The molecule has 2 rings (SSSR count). The molecule has 5 nitrogen and oxygen atoms in total. The van der Waals surface area contributed by atoms with Crippen molar-refractivity contribution in [3.05, 3.63) is 54.1 Å². The SMILES string of the molecule is CC(C)CCOc1ccc(C(=O)NC(=S)Nc2ccc(OC(C)C)cc2)cc1. The van der Waals surface area contributed by atoms with Gasteiger partial charge < -0.3 is 14.8 Å². The van der Waals surface area contributed by atoms with Gasteiger partial charge in [-0.15, -0.1) is 0 Å². The summed E-state index contributed by atoms with van der Waals surface area (Å²) in [5.41, 5.74) is 1.29. The predicted octanol–water partition coefficient (Wildman–Crippen LogP) is 5.03. The number of thiocarbonyl (C=S) groups is 1. The number of anilines is 1. The van der Waals surface area contributed by atoms with Crippen LogP contribution in [0, 0.1) is 5.92 Å². The Hall–Kier alpha value is -2.60. The Morgan fingerprint density at radius 3 is 2.14 bits per heavy atom. The fourth-order valence-corrected chi connectivity index (χ4v) is 2.55. The lowest BCUT2D eigenvalue weighted by Crippen LogP contribution is -2.34. The molecule has 0 unspecified atom stereocenters. The van der Waals surface area contributed by atoms with Gasteiger partial charge in [-0.2, -0.15) is 0 Å². The summed E-state index contributed by atoms with van der Waals surface area (Å²) in [5, 5.41) is 5.91. The highest BCUT2D eigenvalue weighted by molar-refractivity contribution is 7.80. The molecule has 6 heteroatoms. The number of carbonyl (C=O) groups excluding carboxylic acids is 1. The molecule has 0 aliphatic carbocycles. The van der Waals surface area contributed by atoms with E-state index in [0.717, 1.165) is 23.6 Å². The highest BCUT2D eigenvalue weighted by Gasteiger charge is 2.09. The van der Waals surface area contributed by atoms with Crippen LogP contribution >= 0.6 is 12.2 Å². The molecule has 0 aliphatic rings. The van der Waals surface area contributed by atoms with Crippen molar-refractivity contribution in [2.75, 3.05) is 11.9 Å². The molecule has 150 valence electrons. The van der Waals surface area contributed by atoms with E-state index in [-0.39, 0.29) is 17.1 Å². The topological polar surface area (TPSA) is 59.6 Å². The van der Waals surface area contributed by atoms with Gasteiger partial charge in [-0.05, 0) is 86.9 Å². The summed E-state index contributed by atoms with van der Waals surface area (Å²) in [6.45, 7) is 8.92. The summed E-state index contributed by atoms with van der Waals surface area (Å²) in [4.78, 5) is 12.3. The van der Waals surface area contributed by atoms with Crippen molar-refractivity contribution in [3.63, 3.8) is 0 Å². The van der Waals surface area contributed by atoms with E-state index in [2.05, 4.69) is 24.5 Å². The van der Waals surface area contributed by atoms with E-state index in [1.165, 1.54) is 0 Å². The van der Waals surface area contributed by atoms with Crippen LogP contribution in [0.3, 0.4) is 0 Å². The van der Waals surface area contributed by atoms with Gasteiger partial charge in [-0.25, -0.2) is 0 Å². The second-order valence-corrected chi connectivity index (χ2v) is 7.56. The second-order valence-electron chi connectivity index (χ2n) is 7.15. The number of benzene rings is 2. The van der Waals surface area contributed by atoms with Crippen LogP contribution < -0.4 is 20.1 Å². The van der Waals surface area contributed by atoms with Crippen LogP contribution in [0.15, 0.2) is 48.5 Å². The Morgan fingerprint density at radius 1 is 0.964 bits per heavy atom. The van der Waals surface area contributed by atoms with Crippen molar-refractivity contribution < 1.29 is 14.3 Å². The van der Waals surface area contributed by atoms with Crippen LogP contribution in [0.5, 0.6) is 11.5 Å². The van der Waals surface area contributed by atoms with Crippen molar-refractivity contribution in [2.24, 2.45) is 5.92 Å². The molecule has 0 heterocycles. The normalized spacial score (nSPS) is 10.6. The Bertz CT molecular complexity index is 771. The fraction of sp³-hybridized carbons (Fsp3) is 0.364. The molecule has 28 heavy (non-hydrogen) atoms. The minimum Gasteiger partial charge on any atom is -0.494 e. The first kappa shape index (κ1) is 21.7. The van der Waals surface area contributed by atoms with Gasteiger partial charge in [0, 0.05) is 11.3 Å². The molecule has 0 aliphatic heterocycles. The molecular formula is C22H28N2O3S. The maximum atomic E-state index is 12.3. The Labute approximate surface area is 172 Å². The van der Waals surface area contributed by atoms with Gasteiger partial charge in [0.2, 0.25) is 0 Å². The molecule has 1 amide bonds. The molecule has 0 saturated heterocycles. The van der Waals surface area contributed by atoms with E-state index in [9.17, 15) is 4.79 Å². The van der Waals surface area contributed by atoms with Gasteiger partial charge in [0.1, 0.15) is 11.5 Å². The molecule has 0 bridgehead atoms. The quantitative estimate of drug-likeness (QED) is 0.609. The first-order chi connectivity index (χ1) is 13.3. The summed E-state index contributed by atoms with van der Waals surface area (Å²) < 4.78 is 11.3. The molecule has 0 saturated carbocycles. The molecular weight excluding hydrogens is 372 g/mol. The summed E-state index contributed by atoms with van der Waals surface area (Å²) in [6, 6.07) is 14.4.